The minimum absolute atomic E-state index is 0.0895. The van der Waals surface area contributed by atoms with Crippen molar-refractivity contribution in [1.29, 1.82) is 0 Å². The summed E-state index contributed by atoms with van der Waals surface area (Å²) in [6.07, 6.45) is 0.445. The molecule has 88 valence electrons. The van der Waals surface area contributed by atoms with Gasteiger partial charge in [0.2, 0.25) is 0 Å². The van der Waals surface area contributed by atoms with Crippen LogP contribution in [-0.2, 0) is 0 Å². The second-order valence-electron chi connectivity index (χ2n) is 4.88. The van der Waals surface area contributed by atoms with Crippen molar-refractivity contribution in [3.05, 3.63) is 28.2 Å². The molecule has 1 aromatic carbocycles. The third kappa shape index (κ3) is 2.15. The summed E-state index contributed by atoms with van der Waals surface area (Å²) in [5, 5.41) is 11.1. The van der Waals surface area contributed by atoms with Gasteiger partial charge in [-0.25, -0.2) is 0 Å². The fourth-order valence-corrected chi connectivity index (χ4v) is 2.71. The van der Waals surface area contributed by atoms with Crippen LogP contribution in [0.2, 0.25) is 10.0 Å². The van der Waals surface area contributed by atoms with E-state index in [9.17, 15) is 5.11 Å². The van der Waals surface area contributed by atoms with E-state index in [1.54, 1.807) is 12.1 Å². The lowest BCUT2D eigenvalue weighted by atomic mass is 10.0. The molecule has 1 unspecified atom stereocenters. The molecule has 0 aromatic heterocycles. The Labute approximate surface area is 106 Å². The third-order valence-corrected chi connectivity index (χ3v) is 3.61. The quantitative estimate of drug-likeness (QED) is 0.837. The van der Waals surface area contributed by atoms with Gasteiger partial charge < -0.3 is 10.0 Å². The smallest absolute Gasteiger partial charge is 0.0737 e. The molecule has 1 aliphatic heterocycles. The molecular formula is C12H15Cl2NO. The Morgan fingerprint density at radius 1 is 1.38 bits per heavy atom. The highest BCUT2D eigenvalue weighted by Gasteiger charge is 2.38. The number of aliphatic hydroxyl groups excluding tert-OH is 1. The fourth-order valence-electron chi connectivity index (χ4n) is 2.33. The summed E-state index contributed by atoms with van der Waals surface area (Å²) in [6.45, 7) is 4.80. The minimum Gasteiger partial charge on any atom is -0.391 e. The van der Waals surface area contributed by atoms with Gasteiger partial charge in [0.15, 0.2) is 0 Å². The van der Waals surface area contributed by atoms with Gasteiger partial charge in [-0.3, -0.25) is 0 Å². The first kappa shape index (κ1) is 12.0. The van der Waals surface area contributed by atoms with Crippen molar-refractivity contribution in [3.8, 4) is 0 Å². The van der Waals surface area contributed by atoms with E-state index >= 15 is 0 Å². The van der Waals surface area contributed by atoms with Crippen LogP contribution in [0.5, 0.6) is 0 Å². The number of hydrogen-bond donors (Lipinski definition) is 1. The number of benzene rings is 1. The fraction of sp³-hybridized carbons (Fsp3) is 0.500. The lowest BCUT2D eigenvalue weighted by Crippen LogP contribution is -2.38. The molecule has 0 radical (unpaired) electrons. The van der Waals surface area contributed by atoms with Gasteiger partial charge >= 0.3 is 0 Å². The maximum atomic E-state index is 9.74. The zero-order valence-corrected chi connectivity index (χ0v) is 10.9. The van der Waals surface area contributed by atoms with Gasteiger partial charge in [0, 0.05) is 17.1 Å². The maximum absolute atomic E-state index is 9.74. The first-order valence-electron chi connectivity index (χ1n) is 5.31. The Hall–Kier alpha value is -0.440. The Kier molecular flexibility index (Phi) is 3.08. The largest absolute Gasteiger partial charge is 0.391 e. The Balaban J connectivity index is 2.40. The van der Waals surface area contributed by atoms with Crippen molar-refractivity contribution in [2.45, 2.75) is 31.9 Å². The van der Waals surface area contributed by atoms with E-state index in [0.29, 0.717) is 16.6 Å². The molecule has 0 amide bonds. The molecule has 0 bridgehead atoms. The monoisotopic (exact) mass is 259 g/mol. The molecule has 1 fully saturated rings. The van der Waals surface area contributed by atoms with Crippen LogP contribution >= 0.6 is 23.2 Å². The molecule has 1 atom stereocenters. The number of halogens is 2. The number of rotatable bonds is 1. The first-order chi connectivity index (χ1) is 7.40. The first-order valence-corrected chi connectivity index (χ1v) is 6.06. The number of aliphatic hydroxyl groups is 1. The molecule has 2 rings (SSSR count). The minimum atomic E-state index is -0.301. The average Bonchev–Trinajstić information content (AvgIpc) is 2.43. The van der Waals surface area contributed by atoms with Crippen LogP contribution in [0.25, 0.3) is 0 Å². The third-order valence-electron chi connectivity index (χ3n) is 3.06. The molecule has 0 aliphatic carbocycles. The SMILES string of the molecule is CC1(C)CC(O)CN1c1cc(Cl)ccc1Cl. The van der Waals surface area contributed by atoms with Crippen molar-refractivity contribution in [2.75, 3.05) is 11.4 Å². The molecule has 0 spiro atoms. The summed E-state index contributed by atoms with van der Waals surface area (Å²) in [5.74, 6) is 0. The van der Waals surface area contributed by atoms with E-state index in [1.165, 1.54) is 0 Å². The summed E-state index contributed by atoms with van der Waals surface area (Å²) in [4.78, 5) is 2.12. The van der Waals surface area contributed by atoms with Gasteiger partial charge in [-0.15, -0.1) is 0 Å². The van der Waals surface area contributed by atoms with Gasteiger partial charge in [0.1, 0.15) is 0 Å². The standard InChI is InChI=1S/C12H15Cl2NO/c1-12(2)6-9(16)7-15(12)11-5-8(13)3-4-10(11)14/h3-5,9,16H,6-7H2,1-2H3. The molecular weight excluding hydrogens is 245 g/mol. The van der Waals surface area contributed by atoms with E-state index in [1.807, 2.05) is 6.07 Å². The zero-order valence-electron chi connectivity index (χ0n) is 9.37. The molecule has 1 saturated heterocycles. The van der Waals surface area contributed by atoms with Crippen molar-refractivity contribution in [1.82, 2.24) is 0 Å². The summed E-state index contributed by atoms with van der Waals surface area (Å²) < 4.78 is 0. The molecule has 1 N–H and O–H groups in total. The summed E-state index contributed by atoms with van der Waals surface area (Å²) in [7, 11) is 0. The van der Waals surface area contributed by atoms with Gasteiger partial charge in [-0.05, 0) is 38.5 Å². The van der Waals surface area contributed by atoms with Crippen LogP contribution < -0.4 is 4.90 Å². The van der Waals surface area contributed by atoms with Crippen molar-refractivity contribution in [2.24, 2.45) is 0 Å². The highest BCUT2D eigenvalue weighted by molar-refractivity contribution is 6.35. The molecule has 1 heterocycles. The number of anilines is 1. The van der Waals surface area contributed by atoms with Crippen LogP contribution in [0.3, 0.4) is 0 Å². The Morgan fingerprint density at radius 2 is 2.06 bits per heavy atom. The highest BCUT2D eigenvalue weighted by Crippen LogP contribution is 2.38. The molecule has 16 heavy (non-hydrogen) atoms. The average molecular weight is 260 g/mol. The van der Waals surface area contributed by atoms with E-state index in [2.05, 4.69) is 18.7 Å². The lowest BCUT2D eigenvalue weighted by Gasteiger charge is -2.34. The van der Waals surface area contributed by atoms with Crippen LogP contribution in [0, 0.1) is 0 Å². The highest BCUT2D eigenvalue weighted by atomic mass is 35.5. The summed E-state index contributed by atoms with van der Waals surface area (Å²) in [5.41, 5.74) is 0.809. The van der Waals surface area contributed by atoms with Crippen molar-refractivity contribution in [3.63, 3.8) is 0 Å². The van der Waals surface area contributed by atoms with Crippen LogP contribution in [0.4, 0.5) is 5.69 Å². The Bertz CT molecular complexity index is 406. The predicted molar refractivity (Wildman–Crippen MR) is 68.5 cm³/mol. The van der Waals surface area contributed by atoms with Gasteiger partial charge in [0.05, 0.1) is 16.8 Å². The topological polar surface area (TPSA) is 23.5 Å². The molecule has 4 heteroatoms. The second-order valence-corrected chi connectivity index (χ2v) is 5.72. The molecule has 0 saturated carbocycles. The van der Waals surface area contributed by atoms with Crippen molar-refractivity contribution >= 4 is 28.9 Å². The second kappa shape index (κ2) is 4.10. The van der Waals surface area contributed by atoms with Crippen LogP contribution in [-0.4, -0.2) is 23.3 Å². The van der Waals surface area contributed by atoms with E-state index < -0.39 is 0 Å². The van der Waals surface area contributed by atoms with Gasteiger partial charge in [0.25, 0.3) is 0 Å². The van der Waals surface area contributed by atoms with Gasteiger partial charge in [-0.2, -0.15) is 0 Å². The molecule has 1 aromatic rings. The van der Waals surface area contributed by atoms with Crippen LogP contribution in [0.1, 0.15) is 20.3 Å². The van der Waals surface area contributed by atoms with E-state index in [4.69, 9.17) is 23.2 Å². The normalized spacial score (nSPS) is 23.8. The van der Waals surface area contributed by atoms with Gasteiger partial charge in [-0.1, -0.05) is 23.2 Å². The number of nitrogens with zero attached hydrogens (tertiary/aromatic N) is 1. The maximum Gasteiger partial charge on any atom is 0.0737 e. The van der Waals surface area contributed by atoms with E-state index in [0.717, 1.165) is 12.1 Å². The summed E-state index contributed by atoms with van der Waals surface area (Å²) >= 11 is 12.1. The van der Waals surface area contributed by atoms with Crippen LogP contribution in [0.15, 0.2) is 18.2 Å². The lowest BCUT2D eigenvalue weighted by molar-refractivity contribution is 0.188. The zero-order chi connectivity index (χ0) is 11.9. The Morgan fingerprint density at radius 3 is 2.62 bits per heavy atom. The number of hydrogen-bond acceptors (Lipinski definition) is 2. The number of β-amino-alcohol motifs (C(OH)–C–C–N with tert-alkyl or cyclic N) is 1. The van der Waals surface area contributed by atoms with E-state index in [-0.39, 0.29) is 11.6 Å². The molecule has 2 nitrogen and oxygen atoms in total. The summed E-state index contributed by atoms with van der Waals surface area (Å²) in [6, 6.07) is 5.41. The molecule has 1 aliphatic rings. The predicted octanol–water partition coefficient (Wildman–Crippen LogP) is 3.34. The van der Waals surface area contributed by atoms with Crippen molar-refractivity contribution < 1.29 is 5.11 Å².